The van der Waals surface area contributed by atoms with E-state index < -0.39 is 0 Å². The maximum absolute atomic E-state index is 12.1. The average Bonchev–Trinajstić information content (AvgIpc) is 3.06. The molecular formula is C18H26N5O2S2+. The van der Waals surface area contributed by atoms with E-state index in [0.717, 1.165) is 55.9 Å². The van der Waals surface area contributed by atoms with Gasteiger partial charge in [-0.2, -0.15) is 0 Å². The number of carbonyl (C=O) groups excluding carboxylic acids is 1. The zero-order valence-electron chi connectivity index (χ0n) is 15.4. The summed E-state index contributed by atoms with van der Waals surface area (Å²) >= 11 is 3.09. The topological polar surface area (TPSA) is 94.6 Å². The highest BCUT2D eigenvalue weighted by Crippen LogP contribution is 2.38. The van der Waals surface area contributed by atoms with Gasteiger partial charge in [0.25, 0.3) is 0 Å². The molecule has 0 bridgehead atoms. The number of thiophene rings is 1. The number of nitrogens with zero attached hydrogens (tertiary/aromatic N) is 2. The minimum Gasteiger partial charge on any atom is -0.383 e. The Bertz CT molecular complexity index is 820. The number of hydrogen-bond acceptors (Lipinski definition) is 7. The molecule has 3 heterocycles. The second kappa shape index (κ2) is 8.72. The first-order chi connectivity index (χ1) is 13.2. The summed E-state index contributed by atoms with van der Waals surface area (Å²) in [6.45, 7) is 5.29. The van der Waals surface area contributed by atoms with E-state index in [0.29, 0.717) is 23.3 Å². The van der Waals surface area contributed by atoms with E-state index >= 15 is 0 Å². The van der Waals surface area contributed by atoms with Gasteiger partial charge in [-0.1, -0.05) is 11.8 Å². The maximum Gasteiger partial charge on any atom is 0.230 e. The van der Waals surface area contributed by atoms with Crippen LogP contribution in [0.25, 0.3) is 10.2 Å². The van der Waals surface area contributed by atoms with Gasteiger partial charge in [0.1, 0.15) is 23.7 Å². The molecule has 1 aliphatic heterocycles. The summed E-state index contributed by atoms with van der Waals surface area (Å²) in [5.41, 5.74) is 7.57. The van der Waals surface area contributed by atoms with Crippen LogP contribution in [0.4, 0.5) is 5.82 Å². The Labute approximate surface area is 167 Å². The fourth-order valence-electron chi connectivity index (χ4n) is 3.70. The Balaban J connectivity index is 1.31. The number of carbonyl (C=O) groups is 1. The lowest BCUT2D eigenvalue weighted by atomic mass is 9.97. The zero-order chi connectivity index (χ0) is 18.6. The van der Waals surface area contributed by atoms with E-state index in [1.807, 2.05) is 0 Å². The van der Waals surface area contributed by atoms with Crippen molar-refractivity contribution in [2.45, 2.75) is 30.8 Å². The smallest absolute Gasteiger partial charge is 0.230 e. The summed E-state index contributed by atoms with van der Waals surface area (Å²) < 4.78 is 5.35. The fraction of sp³-hybridized carbons (Fsp3) is 0.611. The van der Waals surface area contributed by atoms with Crippen LogP contribution < -0.4 is 16.0 Å². The quantitative estimate of drug-likeness (QED) is 0.469. The number of thioether (sulfide) groups is 1. The standard InChI is InChI=1S/C18H25N5O2S2/c19-16-15-12-3-1-2-4-13(12)27-17(15)22-18(21-16)26-11-14(24)20-5-6-23-7-9-25-10-8-23/h1-11H2,(H,20,24)(H2,19,21,22)/p+1. The van der Waals surface area contributed by atoms with Crippen molar-refractivity contribution >= 4 is 45.0 Å². The van der Waals surface area contributed by atoms with Gasteiger partial charge in [-0.05, 0) is 31.2 Å². The largest absolute Gasteiger partial charge is 0.383 e. The zero-order valence-corrected chi connectivity index (χ0v) is 17.0. The summed E-state index contributed by atoms with van der Waals surface area (Å²) in [5, 5.41) is 4.62. The number of amides is 1. The van der Waals surface area contributed by atoms with Crippen molar-refractivity contribution < 1.29 is 14.4 Å². The molecule has 1 fully saturated rings. The number of ether oxygens (including phenoxy) is 1. The third kappa shape index (κ3) is 4.53. The fourth-order valence-corrected chi connectivity index (χ4v) is 5.71. The molecule has 0 spiro atoms. The molecule has 2 aromatic rings. The van der Waals surface area contributed by atoms with Crippen molar-refractivity contribution in [1.29, 1.82) is 0 Å². The Kier molecular flexibility index (Phi) is 6.11. The minimum absolute atomic E-state index is 0.0143. The molecule has 7 nitrogen and oxygen atoms in total. The van der Waals surface area contributed by atoms with Crippen LogP contribution in [0.3, 0.4) is 0 Å². The number of fused-ring (bicyclic) bond motifs is 3. The predicted octanol–water partition coefficient (Wildman–Crippen LogP) is 0.276. The highest BCUT2D eigenvalue weighted by atomic mass is 32.2. The van der Waals surface area contributed by atoms with Gasteiger partial charge in [-0.25, -0.2) is 9.97 Å². The van der Waals surface area contributed by atoms with Gasteiger partial charge in [0.05, 0.1) is 37.4 Å². The van der Waals surface area contributed by atoms with Crippen LogP contribution in [0.15, 0.2) is 5.16 Å². The first-order valence-electron chi connectivity index (χ1n) is 9.59. The second-order valence-electron chi connectivity index (χ2n) is 7.03. The number of anilines is 1. The van der Waals surface area contributed by atoms with E-state index in [1.54, 1.807) is 11.3 Å². The van der Waals surface area contributed by atoms with E-state index in [9.17, 15) is 4.79 Å². The summed E-state index contributed by atoms with van der Waals surface area (Å²) in [5.74, 6) is 0.882. The van der Waals surface area contributed by atoms with Gasteiger partial charge in [0, 0.05) is 4.88 Å². The molecule has 2 aromatic heterocycles. The van der Waals surface area contributed by atoms with Crippen molar-refractivity contribution in [1.82, 2.24) is 15.3 Å². The number of morpholine rings is 1. The summed E-state index contributed by atoms with van der Waals surface area (Å²) in [4.78, 5) is 25.1. The molecule has 0 radical (unpaired) electrons. The molecule has 1 amide bonds. The molecule has 1 saturated heterocycles. The Morgan fingerprint density at radius 1 is 1.26 bits per heavy atom. The van der Waals surface area contributed by atoms with Crippen LogP contribution in [0, 0.1) is 0 Å². The molecule has 4 rings (SSSR count). The SMILES string of the molecule is Nc1nc(SCC(=O)NCC[NH+]2CCOCC2)nc2sc3c(c12)CCCC3. The van der Waals surface area contributed by atoms with Crippen molar-refractivity contribution in [2.24, 2.45) is 0 Å². The molecular weight excluding hydrogens is 382 g/mol. The monoisotopic (exact) mass is 408 g/mol. The summed E-state index contributed by atoms with van der Waals surface area (Å²) in [6.07, 6.45) is 4.64. The minimum atomic E-state index is 0.0143. The lowest BCUT2D eigenvalue weighted by Gasteiger charge is -2.23. The van der Waals surface area contributed by atoms with Gasteiger partial charge in [0.2, 0.25) is 5.91 Å². The van der Waals surface area contributed by atoms with Gasteiger partial charge in [-0.3, -0.25) is 4.79 Å². The highest BCUT2D eigenvalue weighted by Gasteiger charge is 2.20. The number of hydrogen-bond donors (Lipinski definition) is 3. The number of rotatable bonds is 6. The van der Waals surface area contributed by atoms with Gasteiger partial charge in [-0.15, -0.1) is 11.3 Å². The molecule has 0 aromatic carbocycles. The predicted molar refractivity (Wildman–Crippen MR) is 109 cm³/mol. The number of aryl methyl sites for hydroxylation is 2. The molecule has 9 heteroatoms. The van der Waals surface area contributed by atoms with Crippen LogP contribution in [-0.4, -0.2) is 61.0 Å². The van der Waals surface area contributed by atoms with Gasteiger partial charge in [0.15, 0.2) is 5.16 Å². The number of quaternary nitrogens is 1. The third-order valence-corrected chi connectivity index (χ3v) is 7.19. The first kappa shape index (κ1) is 18.9. The number of aromatic nitrogens is 2. The van der Waals surface area contributed by atoms with Crippen molar-refractivity contribution in [3.05, 3.63) is 10.4 Å². The van der Waals surface area contributed by atoms with Crippen LogP contribution in [-0.2, 0) is 22.4 Å². The Morgan fingerprint density at radius 3 is 2.93 bits per heavy atom. The van der Waals surface area contributed by atoms with Gasteiger partial charge < -0.3 is 20.7 Å². The lowest BCUT2D eigenvalue weighted by molar-refractivity contribution is -0.906. The van der Waals surface area contributed by atoms with Crippen molar-refractivity contribution in [3.8, 4) is 0 Å². The average molecular weight is 409 g/mol. The number of nitrogens with one attached hydrogen (secondary N) is 2. The van der Waals surface area contributed by atoms with Crippen LogP contribution in [0.2, 0.25) is 0 Å². The van der Waals surface area contributed by atoms with E-state index in [-0.39, 0.29) is 5.91 Å². The third-order valence-electron chi connectivity index (χ3n) is 5.16. The molecule has 0 unspecified atom stereocenters. The molecule has 1 aliphatic carbocycles. The highest BCUT2D eigenvalue weighted by molar-refractivity contribution is 7.99. The molecule has 0 saturated carbocycles. The normalized spacial score (nSPS) is 17.8. The summed E-state index contributed by atoms with van der Waals surface area (Å²) in [7, 11) is 0. The number of nitrogen functional groups attached to an aromatic ring is 1. The Hall–Kier alpha value is -1.42. The molecule has 4 N–H and O–H groups in total. The van der Waals surface area contributed by atoms with Crippen molar-refractivity contribution in [2.75, 3.05) is 50.9 Å². The van der Waals surface area contributed by atoms with Gasteiger partial charge >= 0.3 is 0 Å². The van der Waals surface area contributed by atoms with Crippen molar-refractivity contribution in [3.63, 3.8) is 0 Å². The molecule has 2 aliphatic rings. The first-order valence-corrected chi connectivity index (χ1v) is 11.4. The lowest BCUT2D eigenvalue weighted by Crippen LogP contribution is -3.14. The van der Waals surface area contributed by atoms with E-state index in [1.165, 1.54) is 39.9 Å². The summed E-state index contributed by atoms with van der Waals surface area (Å²) in [6, 6.07) is 0. The molecule has 146 valence electrons. The van der Waals surface area contributed by atoms with Crippen LogP contribution in [0.5, 0.6) is 0 Å². The Morgan fingerprint density at radius 2 is 2.07 bits per heavy atom. The molecule has 0 atom stereocenters. The van der Waals surface area contributed by atoms with Crippen LogP contribution >= 0.6 is 23.1 Å². The second-order valence-corrected chi connectivity index (χ2v) is 9.06. The number of nitrogens with two attached hydrogens (primary N) is 1. The van der Waals surface area contributed by atoms with E-state index in [2.05, 4.69) is 15.3 Å². The molecule has 27 heavy (non-hydrogen) atoms. The van der Waals surface area contributed by atoms with E-state index in [4.69, 9.17) is 10.5 Å². The van der Waals surface area contributed by atoms with Crippen LogP contribution in [0.1, 0.15) is 23.3 Å². The maximum atomic E-state index is 12.1.